The van der Waals surface area contributed by atoms with Crippen LogP contribution in [0.4, 0.5) is 0 Å². The molecule has 0 fully saturated rings. The van der Waals surface area contributed by atoms with E-state index in [9.17, 15) is 9.59 Å². The lowest BCUT2D eigenvalue weighted by atomic mass is 10.2. The molecule has 1 unspecified atom stereocenters. The fraction of sp³-hybridized carbons (Fsp3) is 0.800. The van der Waals surface area contributed by atoms with Gasteiger partial charge in [-0.2, -0.15) is 0 Å². The van der Waals surface area contributed by atoms with Crippen molar-refractivity contribution in [1.29, 1.82) is 0 Å². The van der Waals surface area contributed by atoms with Crippen molar-refractivity contribution in [1.82, 2.24) is 10.6 Å². The summed E-state index contributed by atoms with van der Waals surface area (Å²) < 4.78 is 0. The molecule has 0 aromatic rings. The minimum absolute atomic E-state index is 0.120. The summed E-state index contributed by atoms with van der Waals surface area (Å²) in [6.45, 7) is 5.29. The molecule has 0 aliphatic rings. The molecule has 2 amide bonds. The monoisotopic (exact) mass is 215 g/mol. The van der Waals surface area contributed by atoms with Crippen LogP contribution in [0, 0.1) is 0 Å². The first-order valence-corrected chi connectivity index (χ1v) is 5.41. The lowest BCUT2D eigenvalue weighted by Gasteiger charge is -2.14. The van der Waals surface area contributed by atoms with Crippen LogP contribution >= 0.6 is 0 Å². The van der Waals surface area contributed by atoms with Gasteiger partial charge in [0.25, 0.3) is 0 Å². The van der Waals surface area contributed by atoms with Gasteiger partial charge in [0.15, 0.2) is 0 Å². The second-order valence-electron chi connectivity index (χ2n) is 3.46. The molecule has 0 spiro atoms. The molecule has 4 N–H and O–H groups in total. The highest BCUT2D eigenvalue weighted by molar-refractivity contribution is 5.87. The molecule has 0 aliphatic heterocycles. The van der Waals surface area contributed by atoms with E-state index < -0.39 is 11.9 Å². The number of rotatable bonds is 8. The molecular weight excluding hydrogens is 194 g/mol. The third-order valence-electron chi connectivity index (χ3n) is 1.95. The Morgan fingerprint density at radius 3 is 2.27 bits per heavy atom. The van der Waals surface area contributed by atoms with Gasteiger partial charge in [0.1, 0.15) is 0 Å². The first-order chi connectivity index (χ1) is 7.11. The molecule has 0 radical (unpaired) electrons. The molecular formula is C10H21N3O2. The first kappa shape index (κ1) is 13.9. The van der Waals surface area contributed by atoms with Crippen LogP contribution in [-0.2, 0) is 9.59 Å². The third-order valence-corrected chi connectivity index (χ3v) is 1.95. The summed E-state index contributed by atoms with van der Waals surface area (Å²) in [4.78, 5) is 22.3. The van der Waals surface area contributed by atoms with Gasteiger partial charge in [-0.3, -0.25) is 9.59 Å². The second-order valence-corrected chi connectivity index (χ2v) is 3.46. The molecule has 5 nitrogen and oxygen atoms in total. The number of carbonyl (C=O) groups is 2. The highest BCUT2D eigenvalue weighted by atomic mass is 16.2. The van der Waals surface area contributed by atoms with Gasteiger partial charge in [0.05, 0.1) is 12.5 Å². The maximum atomic E-state index is 11.3. The molecule has 1 atom stereocenters. The molecule has 5 heteroatoms. The van der Waals surface area contributed by atoms with E-state index >= 15 is 0 Å². The summed E-state index contributed by atoms with van der Waals surface area (Å²) in [7, 11) is 0. The molecule has 0 saturated carbocycles. The first-order valence-electron chi connectivity index (χ1n) is 5.41. The smallest absolute Gasteiger partial charge is 0.235 e. The highest BCUT2D eigenvalue weighted by Crippen LogP contribution is 1.92. The quantitative estimate of drug-likeness (QED) is 0.522. The zero-order valence-electron chi connectivity index (χ0n) is 9.51. The number of hydrogen-bond donors (Lipinski definition) is 3. The predicted molar refractivity (Wildman–Crippen MR) is 59.2 cm³/mol. The van der Waals surface area contributed by atoms with E-state index in [1.54, 1.807) is 0 Å². The van der Waals surface area contributed by atoms with E-state index in [1.165, 1.54) is 0 Å². The van der Waals surface area contributed by atoms with Crippen LogP contribution in [0.5, 0.6) is 0 Å². The summed E-state index contributed by atoms with van der Waals surface area (Å²) in [5.74, 6) is -0.612. The van der Waals surface area contributed by atoms with Crippen molar-refractivity contribution in [2.24, 2.45) is 5.73 Å². The SMILES string of the molecule is CCCNC(=O)CC(NCCC)C(N)=O. The van der Waals surface area contributed by atoms with Crippen LogP contribution in [0.25, 0.3) is 0 Å². The fourth-order valence-electron chi connectivity index (χ4n) is 1.11. The molecule has 0 aromatic carbocycles. The molecule has 0 saturated heterocycles. The summed E-state index contributed by atoms with van der Waals surface area (Å²) in [6.07, 6.45) is 1.91. The number of nitrogens with one attached hydrogen (secondary N) is 2. The number of nitrogens with two attached hydrogens (primary N) is 1. The van der Waals surface area contributed by atoms with Crippen LogP contribution in [0.1, 0.15) is 33.1 Å². The zero-order valence-corrected chi connectivity index (χ0v) is 9.51. The number of hydrogen-bond acceptors (Lipinski definition) is 3. The van der Waals surface area contributed by atoms with Crippen molar-refractivity contribution >= 4 is 11.8 Å². The van der Waals surface area contributed by atoms with E-state index in [0.717, 1.165) is 12.8 Å². The van der Waals surface area contributed by atoms with Crippen LogP contribution in [0.3, 0.4) is 0 Å². The van der Waals surface area contributed by atoms with Gasteiger partial charge in [-0.25, -0.2) is 0 Å². The maximum absolute atomic E-state index is 11.3. The standard InChI is InChI=1S/C10H21N3O2/c1-3-5-12-8(10(11)15)7-9(14)13-6-4-2/h8,12H,3-7H2,1-2H3,(H2,11,15)(H,13,14). The summed E-state index contributed by atoms with van der Waals surface area (Å²) in [6, 6.07) is -0.554. The third kappa shape index (κ3) is 6.90. The molecule has 15 heavy (non-hydrogen) atoms. The average Bonchev–Trinajstić information content (AvgIpc) is 2.20. The Balaban J connectivity index is 3.93. The minimum Gasteiger partial charge on any atom is -0.368 e. The lowest BCUT2D eigenvalue weighted by Crippen LogP contribution is -2.45. The largest absolute Gasteiger partial charge is 0.368 e. The van der Waals surface area contributed by atoms with Gasteiger partial charge < -0.3 is 16.4 Å². The van der Waals surface area contributed by atoms with Crippen molar-refractivity contribution < 1.29 is 9.59 Å². The van der Waals surface area contributed by atoms with Crippen molar-refractivity contribution in [3.8, 4) is 0 Å². The molecule has 0 bridgehead atoms. The van der Waals surface area contributed by atoms with E-state index in [1.807, 2.05) is 13.8 Å². The van der Waals surface area contributed by atoms with Crippen molar-refractivity contribution in [3.05, 3.63) is 0 Å². The number of primary amides is 1. The van der Waals surface area contributed by atoms with Crippen LogP contribution in [-0.4, -0.2) is 30.9 Å². The Labute approximate surface area is 90.8 Å². The molecule has 0 aromatic heterocycles. The topological polar surface area (TPSA) is 84.2 Å². The predicted octanol–water partition coefficient (Wildman–Crippen LogP) is -0.244. The number of amides is 2. The van der Waals surface area contributed by atoms with Crippen LogP contribution in [0.15, 0.2) is 0 Å². The van der Waals surface area contributed by atoms with Gasteiger partial charge in [0.2, 0.25) is 11.8 Å². The summed E-state index contributed by atoms with van der Waals surface area (Å²) in [5, 5.41) is 5.65. The normalized spacial score (nSPS) is 12.1. The van der Waals surface area contributed by atoms with E-state index in [4.69, 9.17) is 5.73 Å². The Kier molecular flexibility index (Phi) is 7.62. The molecule has 0 aliphatic carbocycles. The Hall–Kier alpha value is -1.10. The van der Waals surface area contributed by atoms with Crippen LogP contribution < -0.4 is 16.4 Å². The van der Waals surface area contributed by atoms with Crippen LogP contribution in [0.2, 0.25) is 0 Å². The highest BCUT2D eigenvalue weighted by Gasteiger charge is 2.17. The fourth-order valence-corrected chi connectivity index (χ4v) is 1.11. The zero-order chi connectivity index (χ0) is 11.7. The van der Waals surface area contributed by atoms with Gasteiger partial charge >= 0.3 is 0 Å². The number of carbonyl (C=O) groups excluding carboxylic acids is 2. The lowest BCUT2D eigenvalue weighted by molar-refractivity contribution is -0.126. The minimum atomic E-state index is -0.554. The van der Waals surface area contributed by atoms with Gasteiger partial charge in [-0.1, -0.05) is 13.8 Å². The summed E-state index contributed by atoms with van der Waals surface area (Å²) in [5.41, 5.74) is 5.17. The van der Waals surface area contributed by atoms with Crippen molar-refractivity contribution in [3.63, 3.8) is 0 Å². The van der Waals surface area contributed by atoms with Crippen molar-refractivity contribution in [2.75, 3.05) is 13.1 Å². The Bertz CT molecular complexity index is 207. The van der Waals surface area contributed by atoms with Crippen molar-refractivity contribution in [2.45, 2.75) is 39.2 Å². The van der Waals surface area contributed by atoms with Gasteiger partial charge in [0, 0.05) is 6.54 Å². The van der Waals surface area contributed by atoms with E-state index in [2.05, 4.69) is 10.6 Å². The molecule has 0 heterocycles. The van der Waals surface area contributed by atoms with Gasteiger partial charge in [-0.15, -0.1) is 0 Å². The molecule has 88 valence electrons. The molecule has 0 rings (SSSR count). The Morgan fingerprint density at radius 2 is 1.80 bits per heavy atom. The summed E-state index contributed by atoms with van der Waals surface area (Å²) >= 11 is 0. The Morgan fingerprint density at radius 1 is 1.20 bits per heavy atom. The average molecular weight is 215 g/mol. The van der Waals surface area contributed by atoms with E-state index in [0.29, 0.717) is 13.1 Å². The van der Waals surface area contributed by atoms with Gasteiger partial charge in [-0.05, 0) is 19.4 Å². The second kappa shape index (κ2) is 8.23. The van der Waals surface area contributed by atoms with E-state index in [-0.39, 0.29) is 12.3 Å². The maximum Gasteiger partial charge on any atom is 0.235 e.